The number of rotatable bonds is 2. The Kier molecular flexibility index (Phi) is 3.13. The Labute approximate surface area is 117 Å². The Hall–Kier alpha value is -2.01. The van der Waals surface area contributed by atoms with E-state index in [9.17, 15) is 4.39 Å². The average molecular weight is 319 g/mol. The van der Waals surface area contributed by atoms with E-state index in [-0.39, 0.29) is 5.82 Å². The van der Waals surface area contributed by atoms with E-state index in [1.807, 2.05) is 18.2 Å². The minimum atomic E-state index is -0.292. The van der Waals surface area contributed by atoms with E-state index in [0.29, 0.717) is 27.5 Å². The fourth-order valence-corrected chi connectivity index (χ4v) is 2.12. The third kappa shape index (κ3) is 2.42. The fourth-order valence-electron chi connectivity index (χ4n) is 1.68. The van der Waals surface area contributed by atoms with Crippen LogP contribution in [0.2, 0.25) is 0 Å². The summed E-state index contributed by atoms with van der Waals surface area (Å²) in [6, 6.07) is 11.5. The Morgan fingerprint density at radius 1 is 1.05 bits per heavy atom. The first-order valence-electron chi connectivity index (χ1n) is 5.58. The summed E-state index contributed by atoms with van der Waals surface area (Å²) < 4.78 is 18.9. The lowest BCUT2D eigenvalue weighted by atomic mass is 10.2. The van der Waals surface area contributed by atoms with Crippen molar-refractivity contribution < 1.29 is 8.81 Å². The molecule has 0 bridgehead atoms. The van der Waals surface area contributed by atoms with Crippen LogP contribution in [0.1, 0.15) is 0 Å². The Morgan fingerprint density at radius 2 is 1.84 bits per heavy atom. The van der Waals surface area contributed by atoms with Crippen molar-refractivity contribution in [3.8, 4) is 22.8 Å². The highest BCUT2D eigenvalue weighted by molar-refractivity contribution is 9.10. The molecule has 0 amide bonds. The standard InChI is InChI=1S/C14H8BrFN2O/c15-13-12(11-3-1-2-8-17-11)18-14(19-13)9-4-6-10(16)7-5-9/h1-8H. The fraction of sp³-hybridized carbons (Fsp3) is 0. The maximum atomic E-state index is 12.9. The van der Waals surface area contributed by atoms with Crippen molar-refractivity contribution in [2.75, 3.05) is 0 Å². The van der Waals surface area contributed by atoms with Gasteiger partial charge in [-0.3, -0.25) is 4.98 Å². The molecule has 0 radical (unpaired) electrons. The second-order valence-corrected chi connectivity index (χ2v) is 4.58. The molecule has 3 nitrogen and oxygen atoms in total. The third-order valence-electron chi connectivity index (χ3n) is 2.58. The molecule has 0 aliphatic heterocycles. The zero-order valence-corrected chi connectivity index (χ0v) is 11.3. The van der Waals surface area contributed by atoms with Crippen molar-refractivity contribution in [2.24, 2.45) is 0 Å². The van der Waals surface area contributed by atoms with Crippen LogP contribution >= 0.6 is 15.9 Å². The average Bonchev–Trinajstić information content (AvgIpc) is 2.83. The number of benzene rings is 1. The van der Waals surface area contributed by atoms with Gasteiger partial charge in [0.15, 0.2) is 4.67 Å². The van der Waals surface area contributed by atoms with Gasteiger partial charge in [0.05, 0.1) is 5.69 Å². The highest BCUT2D eigenvalue weighted by Gasteiger charge is 2.14. The molecule has 0 atom stereocenters. The van der Waals surface area contributed by atoms with Crippen molar-refractivity contribution in [3.63, 3.8) is 0 Å². The molecule has 3 aromatic rings. The number of aromatic nitrogens is 2. The summed E-state index contributed by atoms with van der Waals surface area (Å²) in [6.45, 7) is 0. The molecule has 3 rings (SSSR count). The molecule has 0 saturated carbocycles. The molecular weight excluding hydrogens is 311 g/mol. The minimum absolute atomic E-state index is 0.292. The predicted octanol–water partition coefficient (Wildman–Crippen LogP) is 4.31. The van der Waals surface area contributed by atoms with Gasteiger partial charge in [0, 0.05) is 11.8 Å². The van der Waals surface area contributed by atoms with Crippen LogP contribution < -0.4 is 0 Å². The van der Waals surface area contributed by atoms with Gasteiger partial charge in [0.2, 0.25) is 5.89 Å². The van der Waals surface area contributed by atoms with Gasteiger partial charge in [-0.15, -0.1) is 0 Å². The zero-order chi connectivity index (χ0) is 13.2. The van der Waals surface area contributed by atoms with Crippen LogP contribution in [0.3, 0.4) is 0 Å². The smallest absolute Gasteiger partial charge is 0.228 e. The summed E-state index contributed by atoms with van der Waals surface area (Å²) >= 11 is 3.32. The lowest BCUT2D eigenvalue weighted by molar-refractivity contribution is 0.549. The minimum Gasteiger partial charge on any atom is -0.429 e. The lowest BCUT2D eigenvalue weighted by Crippen LogP contribution is -1.83. The number of nitrogens with zero attached hydrogens (tertiary/aromatic N) is 2. The van der Waals surface area contributed by atoms with Gasteiger partial charge in [-0.05, 0) is 52.3 Å². The summed E-state index contributed by atoms with van der Waals surface area (Å²) in [5.74, 6) is 0.131. The monoisotopic (exact) mass is 318 g/mol. The number of hydrogen-bond donors (Lipinski definition) is 0. The molecular formula is C14H8BrFN2O. The first-order valence-corrected chi connectivity index (χ1v) is 6.37. The topological polar surface area (TPSA) is 38.9 Å². The normalized spacial score (nSPS) is 10.6. The number of halogens is 2. The molecule has 94 valence electrons. The van der Waals surface area contributed by atoms with Crippen LogP contribution in [0.4, 0.5) is 4.39 Å². The zero-order valence-electron chi connectivity index (χ0n) is 9.68. The molecule has 2 aromatic heterocycles. The predicted molar refractivity (Wildman–Crippen MR) is 72.8 cm³/mol. The number of oxazole rings is 1. The summed E-state index contributed by atoms with van der Waals surface area (Å²) in [6.07, 6.45) is 1.69. The molecule has 2 heterocycles. The van der Waals surface area contributed by atoms with E-state index in [1.54, 1.807) is 18.3 Å². The molecule has 19 heavy (non-hydrogen) atoms. The number of hydrogen-bond acceptors (Lipinski definition) is 3. The van der Waals surface area contributed by atoms with Gasteiger partial charge in [-0.2, -0.15) is 0 Å². The van der Waals surface area contributed by atoms with Crippen molar-refractivity contribution in [1.82, 2.24) is 9.97 Å². The van der Waals surface area contributed by atoms with Crippen LogP contribution in [0.5, 0.6) is 0 Å². The van der Waals surface area contributed by atoms with Crippen LogP contribution in [-0.2, 0) is 0 Å². The second-order valence-electron chi connectivity index (χ2n) is 3.86. The van der Waals surface area contributed by atoms with Crippen LogP contribution in [0.15, 0.2) is 57.7 Å². The molecule has 0 fully saturated rings. The lowest BCUT2D eigenvalue weighted by Gasteiger charge is -1.94. The van der Waals surface area contributed by atoms with Crippen molar-refractivity contribution in [2.45, 2.75) is 0 Å². The summed E-state index contributed by atoms with van der Waals surface area (Å²) in [4.78, 5) is 8.60. The molecule has 1 aromatic carbocycles. The van der Waals surface area contributed by atoms with Crippen LogP contribution in [0.25, 0.3) is 22.8 Å². The molecule has 0 N–H and O–H groups in total. The van der Waals surface area contributed by atoms with Gasteiger partial charge < -0.3 is 4.42 Å². The van der Waals surface area contributed by atoms with E-state index in [4.69, 9.17) is 4.42 Å². The van der Waals surface area contributed by atoms with Gasteiger partial charge >= 0.3 is 0 Å². The first-order chi connectivity index (χ1) is 9.24. The van der Waals surface area contributed by atoms with Gasteiger partial charge in [0.25, 0.3) is 0 Å². The van der Waals surface area contributed by atoms with Gasteiger partial charge in [0.1, 0.15) is 11.5 Å². The van der Waals surface area contributed by atoms with E-state index in [1.165, 1.54) is 12.1 Å². The Bertz CT molecular complexity index is 695. The molecule has 5 heteroatoms. The van der Waals surface area contributed by atoms with E-state index < -0.39 is 0 Å². The Morgan fingerprint density at radius 3 is 2.53 bits per heavy atom. The first kappa shape index (κ1) is 12.0. The van der Waals surface area contributed by atoms with E-state index in [0.717, 1.165) is 0 Å². The van der Waals surface area contributed by atoms with E-state index >= 15 is 0 Å². The maximum Gasteiger partial charge on any atom is 0.228 e. The van der Waals surface area contributed by atoms with E-state index in [2.05, 4.69) is 25.9 Å². The number of pyridine rings is 1. The van der Waals surface area contributed by atoms with Crippen molar-refractivity contribution in [1.29, 1.82) is 0 Å². The quantitative estimate of drug-likeness (QED) is 0.707. The summed E-state index contributed by atoms with van der Waals surface area (Å²) in [7, 11) is 0. The molecule has 0 unspecified atom stereocenters. The molecule has 0 aliphatic rings. The molecule has 0 spiro atoms. The third-order valence-corrected chi connectivity index (χ3v) is 3.12. The second kappa shape index (κ2) is 4.93. The molecule has 0 saturated heterocycles. The van der Waals surface area contributed by atoms with Gasteiger partial charge in [-0.25, -0.2) is 9.37 Å². The van der Waals surface area contributed by atoms with Gasteiger partial charge in [-0.1, -0.05) is 6.07 Å². The summed E-state index contributed by atoms with van der Waals surface area (Å²) in [5.41, 5.74) is 2.05. The SMILES string of the molecule is Fc1ccc(-c2nc(-c3ccccn3)c(Br)o2)cc1. The Balaban J connectivity index is 2.04. The van der Waals surface area contributed by atoms with Crippen LogP contribution in [-0.4, -0.2) is 9.97 Å². The highest BCUT2D eigenvalue weighted by Crippen LogP contribution is 2.31. The molecule has 0 aliphatic carbocycles. The highest BCUT2D eigenvalue weighted by atomic mass is 79.9. The van der Waals surface area contributed by atoms with Crippen molar-refractivity contribution in [3.05, 3.63) is 59.1 Å². The van der Waals surface area contributed by atoms with Crippen LogP contribution in [0, 0.1) is 5.82 Å². The largest absolute Gasteiger partial charge is 0.429 e. The maximum absolute atomic E-state index is 12.9. The summed E-state index contributed by atoms with van der Waals surface area (Å²) in [5, 5.41) is 0. The van der Waals surface area contributed by atoms with Crippen molar-refractivity contribution >= 4 is 15.9 Å².